The third kappa shape index (κ3) is 2.66. The van der Waals surface area contributed by atoms with Crippen molar-refractivity contribution < 1.29 is 9.53 Å². The highest BCUT2D eigenvalue weighted by molar-refractivity contribution is 5.92. The Morgan fingerprint density at radius 2 is 2.15 bits per heavy atom. The quantitative estimate of drug-likeness (QED) is 0.870. The van der Waals surface area contributed by atoms with Crippen molar-refractivity contribution in [2.45, 2.75) is 19.9 Å². The molecule has 0 amide bonds. The third-order valence-electron chi connectivity index (χ3n) is 3.41. The van der Waals surface area contributed by atoms with Gasteiger partial charge in [0.25, 0.3) is 0 Å². The van der Waals surface area contributed by atoms with E-state index in [1.807, 2.05) is 36.9 Å². The molecule has 1 atom stereocenters. The minimum atomic E-state index is -0.320. The summed E-state index contributed by atoms with van der Waals surface area (Å²) >= 11 is 0. The molecule has 2 rings (SSSR count). The van der Waals surface area contributed by atoms with Crippen LogP contribution in [0.25, 0.3) is 0 Å². The number of rotatable bonds is 4. The van der Waals surface area contributed by atoms with Crippen molar-refractivity contribution in [3.05, 3.63) is 47.3 Å². The molecule has 106 valence electrons. The molecular formula is C15H19N3O2. The summed E-state index contributed by atoms with van der Waals surface area (Å²) in [5.41, 5.74) is 3.46. The molecule has 0 radical (unpaired) electrons. The monoisotopic (exact) mass is 273 g/mol. The van der Waals surface area contributed by atoms with Crippen LogP contribution in [-0.4, -0.2) is 22.9 Å². The number of esters is 1. The van der Waals surface area contributed by atoms with Gasteiger partial charge in [-0.2, -0.15) is 5.10 Å². The van der Waals surface area contributed by atoms with Crippen molar-refractivity contribution in [2.75, 3.05) is 12.4 Å². The number of methoxy groups -OCH3 is 1. The van der Waals surface area contributed by atoms with Gasteiger partial charge in [-0.1, -0.05) is 6.07 Å². The average molecular weight is 273 g/mol. The van der Waals surface area contributed by atoms with Crippen LogP contribution in [0, 0.1) is 6.92 Å². The number of aryl methyl sites for hydroxylation is 1. The number of carbonyl (C=O) groups excluding carboxylic acids is 1. The van der Waals surface area contributed by atoms with Crippen LogP contribution in [0.3, 0.4) is 0 Å². The van der Waals surface area contributed by atoms with E-state index in [1.165, 1.54) is 7.11 Å². The first-order chi connectivity index (χ1) is 9.54. The summed E-state index contributed by atoms with van der Waals surface area (Å²) in [6, 6.07) is 7.62. The van der Waals surface area contributed by atoms with Crippen molar-refractivity contribution in [3.8, 4) is 0 Å². The maximum atomic E-state index is 11.7. The zero-order chi connectivity index (χ0) is 14.7. The molecular weight excluding hydrogens is 254 g/mol. The molecule has 20 heavy (non-hydrogen) atoms. The number of hydrogen-bond donors (Lipinski definition) is 1. The van der Waals surface area contributed by atoms with E-state index in [1.54, 1.807) is 12.3 Å². The number of hydrogen-bond acceptors (Lipinski definition) is 4. The average Bonchev–Trinajstić information content (AvgIpc) is 2.86. The van der Waals surface area contributed by atoms with Crippen molar-refractivity contribution in [2.24, 2.45) is 7.05 Å². The van der Waals surface area contributed by atoms with Crippen molar-refractivity contribution in [1.82, 2.24) is 9.78 Å². The number of nitrogens with one attached hydrogen (secondary N) is 1. The molecule has 5 heteroatoms. The lowest BCUT2D eigenvalue weighted by Gasteiger charge is -2.18. The molecule has 0 aliphatic rings. The summed E-state index contributed by atoms with van der Waals surface area (Å²) in [4.78, 5) is 11.7. The number of benzene rings is 1. The van der Waals surface area contributed by atoms with Gasteiger partial charge in [0.15, 0.2) is 0 Å². The maximum absolute atomic E-state index is 11.7. The largest absolute Gasteiger partial charge is 0.465 e. The van der Waals surface area contributed by atoms with Gasteiger partial charge < -0.3 is 10.1 Å². The Bertz CT molecular complexity index is 619. The number of aromatic nitrogens is 2. The lowest BCUT2D eigenvalue weighted by atomic mass is 10.1. The second-order valence-corrected chi connectivity index (χ2v) is 4.72. The fourth-order valence-corrected chi connectivity index (χ4v) is 2.24. The van der Waals surface area contributed by atoms with E-state index >= 15 is 0 Å². The molecule has 0 fully saturated rings. The topological polar surface area (TPSA) is 56.1 Å². The zero-order valence-corrected chi connectivity index (χ0v) is 12.2. The van der Waals surface area contributed by atoms with Crippen LogP contribution < -0.4 is 5.32 Å². The molecule has 5 nitrogen and oxygen atoms in total. The Balaban J connectivity index is 2.26. The Hall–Kier alpha value is -2.30. The van der Waals surface area contributed by atoms with E-state index in [2.05, 4.69) is 17.3 Å². The predicted octanol–water partition coefficient (Wildman–Crippen LogP) is 2.69. The van der Waals surface area contributed by atoms with E-state index in [0.29, 0.717) is 5.56 Å². The predicted molar refractivity (Wildman–Crippen MR) is 77.8 cm³/mol. The van der Waals surface area contributed by atoms with Gasteiger partial charge in [0.1, 0.15) is 0 Å². The molecule has 1 heterocycles. The van der Waals surface area contributed by atoms with Crippen LogP contribution >= 0.6 is 0 Å². The molecule has 1 unspecified atom stereocenters. The molecule has 0 spiro atoms. The summed E-state index contributed by atoms with van der Waals surface area (Å²) in [7, 11) is 3.30. The molecule has 0 saturated heterocycles. The Labute approximate surface area is 118 Å². The number of carbonyl (C=O) groups is 1. The molecule has 1 N–H and O–H groups in total. The third-order valence-corrected chi connectivity index (χ3v) is 3.41. The summed E-state index contributed by atoms with van der Waals surface area (Å²) in [6.45, 7) is 3.96. The van der Waals surface area contributed by atoms with Gasteiger partial charge in [-0.05, 0) is 37.6 Å². The summed E-state index contributed by atoms with van der Waals surface area (Å²) in [6.07, 6.45) is 1.77. The SMILES string of the molecule is COC(=O)c1cccc(NC(C)c2ccnn2C)c1C. The van der Waals surface area contributed by atoms with Gasteiger partial charge >= 0.3 is 5.97 Å². The molecule has 0 aliphatic heterocycles. The maximum Gasteiger partial charge on any atom is 0.338 e. The van der Waals surface area contributed by atoms with Crippen LogP contribution in [0.5, 0.6) is 0 Å². The molecule has 1 aromatic carbocycles. The summed E-state index contributed by atoms with van der Waals surface area (Å²) in [5, 5.41) is 7.57. The summed E-state index contributed by atoms with van der Waals surface area (Å²) in [5.74, 6) is -0.320. The highest BCUT2D eigenvalue weighted by Crippen LogP contribution is 2.24. The van der Waals surface area contributed by atoms with Gasteiger partial charge in [-0.3, -0.25) is 4.68 Å². The highest BCUT2D eigenvalue weighted by atomic mass is 16.5. The molecule has 2 aromatic rings. The lowest BCUT2D eigenvalue weighted by Crippen LogP contribution is -2.13. The van der Waals surface area contributed by atoms with E-state index < -0.39 is 0 Å². The Kier molecular flexibility index (Phi) is 4.08. The van der Waals surface area contributed by atoms with Gasteiger partial charge in [0.05, 0.1) is 24.4 Å². The van der Waals surface area contributed by atoms with Gasteiger partial charge in [0.2, 0.25) is 0 Å². The van der Waals surface area contributed by atoms with Gasteiger partial charge in [-0.15, -0.1) is 0 Å². The van der Waals surface area contributed by atoms with E-state index in [4.69, 9.17) is 4.74 Å². The number of ether oxygens (including phenoxy) is 1. The highest BCUT2D eigenvalue weighted by Gasteiger charge is 2.14. The van der Waals surface area contributed by atoms with Crippen molar-refractivity contribution >= 4 is 11.7 Å². The minimum absolute atomic E-state index is 0.0918. The van der Waals surface area contributed by atoms with Crippen LogP contribution in [-0.2, 0) is 11.8 Å². The molecule has 0 bridgehead atoms. The van der Waals surface area contributed by atoms with Crippen LogP contribution in [0.1, 0.15) is 34.6 Å². The molecule has 1 aromatic heterocycles. The first-order valence-electron chi connectivity index (χ1n) is 6.47. The van der Waals surface area contributed by atoms with Gasteiger partial charge in [-0.25, -0.2) is 4.79 Å². The van der Waals surface area contributed by atoms with Crippen molar-refractivity contribution in [1.29, 1.82) is 0 Å². The van der Waals surface area contributed by atoms with Crippen LogP contribution in [0.15, 0.2) is 30.5 Å². The number of anilines is 1. The Morgan fingerprint density at radius 3 is 2.75 bits per heavy atom. The first-order valence-corrected chi connectivity index (χ1v) is 6.47. The summed E-state index contributed by atoms with van der Waals surface area (Å²) < 4.78 is 6.62. The van der Waals surface area contributed by atoms with E-state index in [9.17, 15) is 4.79 Å². The first kappa shape index (κ1) is 14.1. The Morgan fingerprint density at radius 1 is 1.40 bits per heavy atom. The fraction of sp³-hybridized carbons (Fsp3) is 0.333. The van der Waals surface area contributed by atoms with Crippen LogP contribution in [0.2, 0.25) is 0 Å². The second kappa shape index (κ2) is 5.77. The molecule has 0 saturated carbocycles. The van der Waals surface area contributed by atoms with Crippen LogP contribution in [0.4, 0.5) is 5.69 Å². The number of nitrogens with zero attached hydrogens (tertiary/aromatic N) is 2. The van der Waals surface area contributed by atoms with Crippen molar-refractivity contribution in [3.63, 3.8) is 0 Å². The zero-order valence-electron chi connectivity index (χ0n) is 12.2. The second-order valence-electron chi connectivity index (χ2n) is 4.72. The lowest BCUT2D eigenvalue weighted by molar-refractivity contribution is 0.0600. The normalized spacial score (nSPS) is 12.0. The fourth-order valence-electron chi connectivity index (χ4n) is 2.24. The van der Waals surface area contributed by atoms with E-state index in [-0.39, 0.29) is 12.0 Å². The molecule has 0 aliphatic carbocycles. The van der Waals surface area contributed by atoms with E-state index in [0.717, 1.165) is 16.9 Å². The minimum Gasteiger partial charge on any atom is -0.465 e. The van der Waals surface area contributed by atoms with Gasteiger partial charge in [0, 0.05) is 18.9 Å². The standard InChI is InChI=1S/C15H19N3O2/c1-10-12(15(19)20-4)6-5-7-13(10)17-11(2)14-8-9-16-18(14)3/h5-9,11,17H,1-4H3. The smallest absolute Gasteiger partial charge is 0.338 e.